The fourth-order valence-corrected chi connectivity index (χ4v) is 4.66. The van der Waals surface area contributed by atoms with Crippen LogP contribution in [0.2, 0.25) is 0 Å². The van der Waals surface area contributed by atoms with Crippen LogP contribution in [0, 0.1) is 0 Å². The number of fused-ring (bicyclic) bond motifs is 3. The quantitative estimate of drug-likeness (QED) is 0.500. The smallest absolute Gasteiger partial charge is 0.408 e. The molecule has 0 saturated carbocycles. The van der Waals surface area contributed by atoms with Gasteiger partial charge in [-0.15, -0.1) is 0 Å². The molecule has 7 heteroatoms. The van der Waals surface area contributed by atoms with Gasteiger partial charge in [-0.05, 0) is 34.2 Å². The molecule has 35 heavy (non-hydrogen) atoms. The van der Waals surface area contributed by atoms with Crippen LogP contribution in [-0.2, 0) is 14.3 Å². The van der Waals surface area contributed by atoms with Crippen LogP contribution >= 0.6 is 0 Å². The minimum Gasteiger partial charge on any atom is -0.480 e. The number of carbonyl (C=O) groups is 3. The van der Waals surface area contributed by atoms with Crippen LogP contribution in [0.15, 0.2) is 78.9 Å². The molecule has 1 unspecified atom stereocenters. The molecule has 1 aliphatic rings. The van der Waals surface area contributed by atoms with Gasteiger partial charge in [0.25, 0.3) is 0 Å². The number of benzene rings is 3. The summed E-state index contributed by atoms with van der Waals surface area (Å²) >= 11 is 0. The number of rotatable bonds is 8. The summed E-state index contributed by atoms with van der Waals surface area (Å²) in [5, 5.41) is 12.1. The minimum atomic E-state index is -1.10. The first-order valence-corrected chi connectivity index (χ1v) is 11.6. The number of hydrogen-bond donors (Lipinski definition) is 2. The van der Waals surface area contributed by atoms with Crippen molar-refractivity contribution in [3.8, 4) is 11.1 Å². The summed E-state index contributed by atoms with van der Waals surface area (Å²) in [5.41, 5.74) is 4.96. The number of nitrogens with zero attached hydrogens (tertiary/aromatic N) is 1. The second kappa shape index (κ2) is 10.4. The van der Waals surface area contributed by atoms with E-state index >= 15 is 0 Å². The molecule has 2 amide bonds. The van der Waals surface area contributed by atoms with Gasteiger partial charge in [0.2, 0.25) is 5.91 Å². The maximum atomic E-state index is 13.3. The topological polar surface area (TPSA) is 95.9 Å². The number of ether oxygens (including phenoxy) is 1. The second-order valence-electron chi connectivity index (χ2n) is 8.53. The molecular weight excluding hydrogens is 444 g/mol. The van der Waals surface area contributed by atoms with Crippen molar-refractivity contribution in [2.75, 3.05) is 13.7 Å². The molecule has 2 atom stereocenters. The Kier molecular flexibility index (Phi) is 7.15. The van der Waals surface area contributed by atoms with Crippen molar-refractivity contribution < 1.29 is 24.2 Å². The molecule has 4 rings (SSSR count). The van der Waals surface area contributed by atoms with E-state index in [0.717, 1.165) is 27.2 Å². The summed E-state index contributed by atoms with van der Waals surface area (Å²) in [5.74, 6) is -1.74. The molecule has 0 fully saturated rings. The lowest BCUT2D eigenvalue weighted by molar-refractivity contribution is -0.150. The van der Waals surface area contributed by atoms with E-state index in [9.17, 15) is 19.5 Å². The van der Waals surface area contributed by atoms with Gasteiger partial charge in [0, 0.05) is 13.0 Å². The van der Waals surface area contributed by atoms with Gasteiger partial charge in [-0.2, -0.15) is 0 Å². The van der Waals surface area contributed by atoms with Crippen molar-refractivity contribution >= 4 is 18.0 Å². The lowest BCUT2D eigenvalue weighted by atomic mass is 9.98. The van der Waals surface area contributed by atoms with Crippen LogP contribution in [0.25, 0.3) is 11.1 Å². The maximum Gasteiger partial charge on any atom is 0.408 e. The van der Waals surface area contributed by atoms with E-state index in [1.54, 1.807) is 37.3 Å². The fraction of sp³-hybridized carbons (Fsp3) is 0.250. The molecule has 3 aromatic rings. The highest BCUT2D eigenvalue weighted by Crippen LogP contribution is 2.44. The molecule has 180 valence electrons. The van der Waals surface area contributed by atoms with Crippen LogP contribution in [-0.4, -0.2) is 47.7 Å². The third kappa shape index (κ3) is 4.89. The zero-order chi connectivity index (χ0) is 24.9. The highest BCUT2D eigenvalue weighted by atomic mass is 16.5. The van der Waals surface area contributed by atoms with Crippen LogP contribution in [0.1, 0.15) is 42.0 Å². The molecule has 3 aromatic carbocycles. The predicted molar refractivity (Wildman–Crippen MR) is 132 cm³/mol. The van der Waals surface area contributed by atoms with Gasteiger partial charge < -0.3 is 20.1 Å². The van der Waals surface area contributed by atoms with Crippen LogP contribution in [0.4, 0.5) is 4.79 Å². The summed E-state index contributed by atoms with van der Waals surface area (Å²) in [6, 6.07) is 22.7. The molecule has 0 bridgehead atoms. The second-order valence-corrected chi connectivity index (χ2v) is 8.53. The molecule has 0 heterocycles. The van der Waals surface area contributed by atoms with Crippen molar-refractivity contribution in [3.63, 3.8) is 0 Å². The number of alkyl carbamates (subject to hydrolysis) is 1. The predicted octanol–water partition coefficient (Wildman–Crippen LogP) is 4.59. The number of aliphatic carboxylic acids is 1. The molecule has 0 radical (unpaired) electrons. The molecule has 0 aliphatic heterocycles. The third-order valence-electron chi connectivity index (χ3n) is 6.47. The van der Waals surface area contributed by atoms with Gasteiger partial charge >= 0.3 is 12.1 Å². The zero-order valence-electron chi connectivity index (χ0n) is 19.7. The molecule has 1 aliphatic carbocycles. The van der Waals surface area contributed by atoms with E-state index in [1.807, 2.05) is 36.4 Å². The first-order valence-electron chi connectivity index (χ1n) is 11.6. The minimum absolute atomic E-state index is 0.109. The third-order valence-corrected chi connectivity index (χ3v) is 6.47. The molecule has 2 N–H and O–H groups in total. The van der Waals surface area contributed by atoms with Gasteiger partial charge in [-0.3, -0.25) is 4.79 Å². The Hall–Kier alpha value is -4.13. The van der Waals surface area contributed by atoms with Gasteiger partial charge in [-0.1, -0.05) is 85.8 Å². The van der Waals surface area contributed by atoms with E-state index < -0.39 is 30.1 Å². The summed E-state index contributed by atoms with van der Waals surface area (Å²) in [6.07, 6.45) is -0.504. The van der Waals surface area contributed by atoms with Crippen molar-refractivity contribution in [2.24, 2.45) is 0 Å². The van der Waals surface area contributed by atoms with Crippen molar-refractivity contribution in [1.29, 1.82) is 0 Å². The highest BCUT2D eigenvalue weighted by Gasteiger charge is 2.33. The molecule has 0 saturated heterocycles. The van der Waals surface area contributed by atoms with E-state index in [0.29, 0.717) is 5.56 Å². The Balaban J connectivity index is 1.51. The number of carbonyl (C=O) groups excluding carboxylic acids is 2. The Labute approximate surface area is 204 Å². The van der Waals surface area contributed by atoms with Crippen LogP contribution in [0.5, 0.6) is 0 Å². The monoisotopic (exact) mass is 472 g/mol. The number of likely N-dealkylation sites (N-methyl/N-ethyl adjacent to an activating group) is 1. The Morgan fingerprint density at radius 2 is 1.46 bits per heavy atom. The SMILES string of the molecule is CCC(C(=O)O)N(C)C(=O)[C@H](NC(=O)OCC1c2ccccc2-c2ccccc21)c1ccccc1. The molecule has 0 spiro atoms. The lowest BCUT2D eigenvalue weighted by Crippen LogP contribution is -2.48. The number of carboxylic acids is 1. The van der Waals surface area contributed by atoms with E-state index in [4.69, 9.17) is 4.74 Å². The summed E-state index contributed by atoms with van der Waals surface area (Å²) in [7, 11) is 1.43. The average molecular weight is 473 g/mol. The Bertz CT molecular complexity index is 1180. The van der Waals surface area contributed by atoms with Crippen molar-refractivity contribution in [1.82, 2.24) is 10.2 Å². The maximum absolute atomic E-state index is 13.3. The number of carboxylic acid groups (broad SMARTS) is 1. The van der Waals surface area contributed by atoms with Crippen LogP contribution < -0.4 is 5.32 Å². The number of nitrogens with one attached hydrogen (secondary N) is 1. The molecule has 0 aromatic heterocycles. The molecule has 7 nitrogen and oxygen atoms in total. The first-order chi connectivity index (χ1) is 16.9. The Morgan fingerprint density at radius 3 is 2.00 bits per heavy atom. The van der Waals surface area contributed by atoms with Gasteiger partial charge in [0.15, 0.2) is 0 Å². The van der Waals surface area contributed by atoms with E-state index in [-0.39, 0.29) is 18.9 Å². The van der Waals surface area contributed by atoms with E-state index in [1.165, 1.54) is 7.05 Å². The number of hydrogen-bond acceptors (Lipinski definition) is 4. The summed E-state index contributed by atoms with van der Waals surface area (Å²) in [4.78, 5) is 38.9. The summed E-state index contributed by atoms with van der Waals surface area (Å²) < 4.78 is 5.62. The Morgan fingerprint density at radius 1 is 0.914 bits per heavy atom. The van der Waals surface area contributed by atoms with Crippen molar-refractivity contribution in [3.05, 3.63) is 95.6 Å². The van der Waals surface area contributed by atoms with Gasteiger partial charge in [0.1, 0.15) is 18.7 Å². The lowest BCUT2D eigenvalue weighted by Gasteiger charge is -2.28. The highest BCUT2D eigenvalue weighted by molar-refractivity contribution is 5.90. The zero-order valence-corrected chi connectivity index (χ0v) is 19.7. The first kappa shape index (κ1) is 24.0. The van der Waals surface area contributed by atoms with Gasteiger partial charge in [0.05, 0.1) is 0 Å². The standard InChI is InChI=1S/C28H28N2O5/c1-3-24(27(32)33)30(2)26(31)25(18-11-5-4-6-12-18)29-28(34)35-17-23-21-15-9-7-13-19(21)20-14-8-10-16-22(20)23/h4-16,23-25H,3,17H2,1-2H3,(H,29,34)(H,32,33)/t24?,25-/m1/s1. The average Bonchev–Trinajstić information content (AvgIpc) is 3.20. The normalized spacial score (nSPS) is 13.8. The fourth-order valence-electron chi connectivity index (χ4n) is 4.66. The van der Waals surface area contributed by atoms with E-state index in [2.05, 4.69) is 17.4 Å². The van der Waals surface area contributed by atoms with Crippen LogP contribution in [0.3, 0.4) is 0 Å². The number of amides is 2. The molecular formula is C28H28N2O5. The largest absolute Gasteiger partial charge is 0.480 e. The van der Waals surface area contributed by atoms with Crippen molar-refractivity contribution in [2.45, 2.75) is 31.3 Å². The van der Waals surface area contributed by atoms with Gasteiger partial charge in [-0.25, -0.2) is 9.59 Å². The summed E-state index contributed by atoms with van der Waals surface area (Å²) in [6.45, 7) is 1.80.